The fourth-order valence-electron chi connectivity index (χ4n) is 1.65. The third-order valence-corrected chi connectivity index (χ3v) is 3.53. The average Bonchev–Trinajstić information content (AvgIpc) is 2.51. The van der Waals surface area contributed by atoms with Gasteiger partial charge in [0.1, 0.15) is 7.11 Å². The quantitative estimate of drug-likeness (QED) is 0.491. The second kappa shape index (κ2) is 9.63. The maximum Gasteiger partial charge on any atom is 0.220 e. The first kappa shape index (κ1) is 18.7. The van der Waals surface area contributed by atoms with Gasteiger partial charge in [-0.15, -0.1) is 0 Å². The molecule has 3 N–H and O–H groups in total. The van der Waals surface area contributed by atoms with Crippen molar-refractivity contribution in [3.8, 4) is 0 Å². The molecule has 6 nitrogen and oxygen atoms in total. The molecule has 0 fully saturated rings. The molecule has 0 saturated heterocycles. The number of carbonyl (C=O) groups is 1. The number of hydrogen-bond acceptors (Lipinski definition) is 5. The first-order valence-electron chi connectivity index (χ1n) is 6.59. The summed E-state index contributed by atoms with van der Waals surface area (Å²) < 4.78 is 0. The highest BCUT2D eigenvalue weighted by Crippen LogP contribution is 2.23. The molecular formula is C14H18Cl2N2O4. The van der Waals surface area contributed by atoms with Gasteiger partial charge in [-0.3, -0.25) is 4.79 Å². The Hall–Kier alpha value is -1.34. The van der Waals surface area contributed by atoms with Crippen molar-refractivity contribution in [2.45, 2.75) is 18.9 Å². The summed E-state index contributed by atoms with van der Waals surface area (Å²) in [4.78, 5) is 16.5. The number of benzene rings is 1. The molecule has 0 bridgehead atoms. The van der Waals surface area contributed by atoms with Crippen LogP contribution >= 0.6 is 23.2 Å². The van der Waals surface area contributed by atoms with Crippen molar-refractivity contribution < 1.29 is 19.8 Å². The molecule has 1 rings (SSSR count). The molecule has 1 atom stereocenters. The summed E-state index contributed by atoms with van der Waals surface area (Å²) >= 11 is 11.8. The van der Waals surface area contributed by atoms with Gasteiger partial charge in [0, 0.05) is 24.9 Å². The summed E-state index contributed by atoms with van der Waals surface area (Å²) in [5.41, 5.74) is 1.26. The van der Waals surface area contributed by atoms with Gasteiger partial charge in [0.05, 0.1) is 28.5 Å². The lowest BCUT2D eigenvalue weighted by atomic mass is 10.1. The number of aliphatic hydroxyl groups excluding tert-OH is 2. The molecule has 1 aromatic carbocycles. The highest BCUT2D eigenvalue weighted by Gasteiger charge is 2.11. The van der Waals surface area contributed by atoms with E-state index in [-0.39, 0.29) is 18.9 Å². The van der Waals surface area contributed by atoms with Crippen LogP contribution in [-0.2, 0) is 9.63 Å². The van der Waals surface area contributed by atoms with Gasteiger partial charge in [-0.25, -0.2) is 0 Å². The topological polar surface area (TPSA) is 91.2 Å². The van der Waals surface area contributed by atoms with Crippen LogP contribution in [0.3, 0.4) is 0 Å². The monoisotopic (exact) mass is 348 g/mol. The first-order chi connectivity index (χ1) is 10.5. The lowest BCUT2D eigenvalue weighted by Gasteiger charge is -2.10. The molecule has 1 amide bonds. The van der Waals surface area contributed by atoms with E-state index in [4.69, 9.17) is 38.3 Å². The lowest BCUT2D eigenvalue weighted by Crippen LogP contribution is -2.34. The minimum atomic E-state index is -0.967. The number of nitrogens with zero attached hydrogens (tertiary/aromatic N) is 1. The van der Waals surface area contributed by atoms with Gasteiger partial charge in [0.2, 0.25) is 5.91 Å². The number of amides is 1. The molecule has 0 aliphatic rings. The number of aliphatic hydroxyl groups is 2. The van der Waals surface area contributed by atoms with E-state index in [1.54, 1.807) is 18.2 Å². The van der Waals surface area contributed by atoms with Crippen LogP contribution in [0, 0.1) is 0 Å². The zero-order chi connectivity index (χ0) is 16.5. The van der Waals surface area contributed by atoms with Crippen molar-refractivity contribution in [1.82, 2.24) is 5.32 Å². The number of hydrogen-bond donors (Lipinski definition) is 3. The maximum absolute atomic E-state index is 11.7. The lowest BCUT2D eigenvalue weighted by molar-refractivity contribution is -0.121. The minimum Gasteiger partial charge on any atom is -0.399 e. The molecule has 0 spiro atoms. The first-order valence-corrected chi connectivity index (χ1v) is 7.34. The highest BCUT2D eigenvalue weighted by atomic mass is 35.5. The Balaban J connectivity index is 2.63. The van der Waals surface area contributed by atoms with Crippen LogP contribution in [0.25, 0.3) is 0 Å². The fraction of sp³-hybridized carbons (Fsp3) is 0.429. The predicted molar refractivity (Wildman–Crippen MR) is 85.3 cm³/mol. The van der Waals surface area contributed by atoms with Gasteiger partial charge in [-0.2, -0.15) is 0 Å². The summed E-state index contributed by atoms with van der Waals surface area (Å²) in [5, 5.41) is 25.1. The van der Waals surface area contributed by atoms with Gasteiger partial charge in [0.15, 0.2) is 0 Å². The molecule has 0 aliphatic heterocycles. The number of rotatable bonds is 8. The molecular weight excluding hydrogens is 331 g/mol. The SMILES string of the molecule is CO/N=C(\CCC(=O)NCC(O)CO)c1ccc(Cl)c(Cl)c1. The van der Waals surface area contributed by atoms with Crippen LogP contribution in [0.4, 0.5) is 0 Å². The second-order valence-corrected chi connectivity index (χ2v) is 5.30. The Labute approximate surface area is 138 Å². The zero-order valence-electron chi connectivity index (χ0n) is 12.1. The van der Waals surface area contributed by atoms with E-state index in [9.17, 15) is 4.79 Å². The Morgan fingerprint density at radius 2 is 2.09 bits per heavy atom. The molecule has 0 saturated carbocycles. The average molecular weight is 349 g/mol. The molecule has 0 radical (unpaired) electrons. The third kappa shape index (κ3) is 6.19. The summed E-state index contributed by atoms with van der Waals surface area (Å²) in [5.74, 6) is -0.267. The Morgan fingerprint density at radius 3 is 2.68 bits per heavy atom. The van der Waals surface area contributed by atoms with Gasteiger partial charge in [-0.1, -0.05) is 34.4 Å². The van der Waals surface area contributed by atoms with E-state index in [2.05, 4.69) is 10.5 Å². The van der Waals surface area contributed by atoms with Crippen LogP contribution in [-0.4, -0.2) is 48.2 Å². The van der Waals surface area contributed by atoms with Crippen LogP contribution in [0.2, 0.25) is 10.0 Å². The van der Waals surface area contributed by atoms with E-state index in [0.717, 1.165) is 0 Å². The summed E-state index contributed by atoms with van der Waals surface area (Å²) in [7, 11) is 1.41. The van der Waals surface area contributed by atoms with E-state index >= 15 is 0 Å². The normalized spacial score (nSPS) is 12.9. The van der Waals surface area contributed by atoms with Crippen molar-refractivity contribution in [1.29, 1.82) is 0 Å². The minimum absolute atomic E-state index is 0.00113. The number of carbonyl (C=O) groups excluding carboxylic acids is 1. The summed E-state index contributed by atoms with van der Waals surface area (Å²) in [6.07, 6.45) is -0.487. The van der Waals surface area contributed by atoms with Crippen molar-refractivity contribution in [2.75, 3.05) is 20.3 Å². The summed E-state index contributed by atoms with van der Waals surface area (Å²) in [6, 6.07) is 5.02. The van der Waals surface area contributed by atoms with E-state index in [0.29, 0.717) is 27.7 Å². The van der Waals surface area contributed by atoms with Crippen LogP contribution in [0.5, 0.6) is 0 Å². The number of nitrogens with one attached hydrogen (secondary N) is 1. The largest absolute Gasteiger partial charge is 0.399 e. The van der Waals surface area contributed by atoms with Crippen LogP contribution in [0.15, 0.2) is 23.4 Å². The fourth-order valence-corrected chi connectivity index (χ4v) is 1.94. The van der Waals surface area contributed by atoms with Gasteiger partial charge >= 0.3 is 0 Å². The van der Waals surface area contributed by atoms with E-state index < -0.39 is 12.7 Å². The Morgan fingerprint density at radius 1 is 1.36 bits per heavy atom. The van der Waals surface area contributed by atoms with E-state index in [1.165, 1.54) is 7.11 Å². The Bertz CT molecular complexity index is 538. The number of oxime groups is 1. The third-order valence-electron chi connectivity index (χ3n) is 2.79. The van der Waals surface area contributed by atoms with Crippen molar-refractivity contribution in [2.24, 2.45) is 5.16 Å². The molecule has 0 aromatic heterocycles. The molecule has 8 heteroatoms. The van der Waals surface area contributed by atoms with Gasteiger partial charge in [-0.05, 0) is 12.1 Å². The van der Waals surface area contributed by atoms with Crippen molar-refractivity contribution in [3.63, 3.8) is 0 Å². The molecule has 22 heavy (non-hydrogen) atoms. The molecule has 1 aromatic rings. The van der Waals surface area contributed by atoms with Crippen molar-refractivity contribution in [3.05, 3.63) is 33.8 Å². The standard InChI is InChI=1S/C14H18Cl2N2O4/c1-22-18-13(9-2-3-11(15)12(16)6-9)4-5-14(21)17-7-10(20)8-19/h2-3,6,10,19-20H,4-5,7-8H2,1H3,(H,17,21)/b18-13+. The smallest absolute Gasteiger partial charge is 0.220 e. The highest BCUT2D eigenvalue weighted by molar-refractivity contribution is 6.42. The van der Waals surface area contributed by atoms with E-state index in [1.807, 2.05) is 0 Å². The van der Waals surface area contributed by atoms with Gasteiger partial charge in [0.25, 0.3) is 0 Å². The molecule has 0 aliphatic carbocycles. The zero-order valence-corrected chi connectivity index (χ0v) is 13.6. The molecule has 1 unspecified atom stereocenters. The second-order valence-electron chi connectivity index (χ2n) is 4.49. The maximum atomic E-state index is 11.7. The van der Waals surface area contributed by atoms with Crippen LogP contribution < -0.4 is 5.32 Å². The Kier molecular flexibility index (Phi) is 8.19. The van der Waals surface area contributed by atoms with Crippen molar-refractivity contribution >= 4 is 34.8 Å². The molecule has 0 heterocycles. The van der Waals surface area contributed by atoms with Gasteiger partial charge < -0.3 is 20.4 Å². The predicted octanol–water partition coefficient (Wildman–Crippen LogP) is 1.59. The summed E-state index contributed by atoms with van der Waals surface area (Å²) in [6.45, 7) is -0.404. The van der Waals surface area contributed by atoms with Crippen LogP contribution in [0.1, 0.15) is 18.4 Å². The number of halogens is 2. The molecule has 122 valence electrons.